The van der Waals surface area contributed by atoms with E-state index >= 15 is 0 Å². The third-order valence-corrected chi connectivity index (χ3v) is 4.24. The maximum atomic E-state index is 5.57. The molecule has 1 fully saturated rings. The second kappa shape index (κ2) is 7.57. The van der Waals surface area contributed by atoms with Gasteiger partial charge in [-0.3, -0.25) is 9.88 Å². The van der Waals surface area contributed by atoms with Crippen LogP contribution in [0.3, 0.4) is 0 Å². The normalized spacial score (nSPS) is 17.0. The zero-order chi connectivity index (χ0) is 16.1. The lowest BCUT2D eigenvalue weighted by atomic mass is 10.00. The summed E-state index contributed by atoms with van der Waals surface area (Å²) in [6.07, 6.45) is 1.96. The van der Waals surface area contributed by atoms with Crippen molar-refractivity contribution in [2.24, 2.45) is 0 Å². The van der Waals surface area contributed by atoms with Gasteiger partial charge in [-0.1, -0.05) is 18.2 Å². The Labute approximate surface area is 138 Å². The van der Waals surface area contributed by atoms with Gasteiger partial charge >= 0.3 is 0 Å². The van der Waals surface area contributed by atoms with Crippen molar-refractivity contribution in [1.82, 2.24) is 15.2 Å². The number of pyridine rings is 1. The number of aromatic nitrogens is 1. The summed E-state index contributed by atoms with van der Waals surface area (Å²) in [5.41, 5.74) is 3.58. The molecular weight excluding hydrogens is 286 g/mol. The number of ether oxygens (including phenoxy) is 1. The summed E-state index contributed by atoms with van der Waals surface area (Å²) in [5.74, 6) is 0.923. The van der Waals surface area contributed by atoms with Crippen LogP contribution >= 0.6 is 0 Å². The van der Waals surface area contributed by atoms with Gasteiger partial charge in [0, 0.05) is 32.4 Å². The number of hydrogen-bond donors (Lipinski definition) is 1. The Hall–Kier alpha value is -1.91. The van der Waals surface area contributed by atoms with Crippen molar-refractivity contribution < 1.29 is 4.74 Å². The Bertz CT molecular complexity index is 604. The maximum Gasteiger partial charge on any atom is 0.119 e. The summed E-state index contributed by atoms with van der Waals surface area (Å²) in [6, 6.07) is 12.9. The largest absolute Gasteiger partial charge is 0.494 e. The minimum absolute atomic E-state index is 0.202. The molecule has 1 atom stereocenters. The fraction of sp³-hybridized carbons (Fsp3) is 0.421. The van der Waals surface area contributed by atoms with Crippen molar-refractivity contribution in [2.45, 2.75) is 19.9 Å². The lowest BCUT2D eigenvalue weighted by molar-refractivity contribution is 0.195. The van der Waals surface area contributed by atoms with E-state index in [0.717, 1.165) is 37.6 Å². The first-order valence-corrected chi connectivity index (χ1v) is 8.38. The van der Waals surface area contributed by atoms with Gasteiger partial charge in [0.25, 0.3) is 0 Å². The minimum Gasteiger partial charge on any atom is -0.494 e. The second-order valence-electron chi connectivity index (χ2n) is 5.95. The number of nitrogens with one attached hydrogen (secondary N) is 1. The van der Waals surface area contributed by atoms with Crippen molar-refractivity contribution in [3.63, 3.8) is 0 Å². The third-order valence-electron chi connectivity index (χ3n) is 4.24. The van der Waals surface area contributed by atoms with Gasteiger partial charge in [-0.05, 0) is 43.2 Å². The van der Waals surface area contributed by atoms with Crippen LogP contribution in [0.15, 0.2) is 42.6 Å². The van der Waals surface area contributed by atoms with Crippen LogP contribution in [0, 0.1) is 6.92 Å². The fourth-order valence-corrected chi connectivity index (χ4v) is 3.06. The number of nitrogens with zero attached hydrogens (tertiary/aromatic N) is 2. The Morgan fingerprint density at radius 1 is 1.13 bits per heavy atom. The van der Waals surface area contributed by atoms with Crippen LogP contribution in [0.2, 0.25) is 0 Å². The molecule has 1 unspecified atom stereocenters. The summed E-state index contributed by atoms with van der Waals surface area (Å²) in [7, 11) is 0. The van der Waals surface area contributed by atoms with E-state index in [1.165, 1.54) is 11.1 Å². The van der Waals surface area contributed by atoms with E-state index in [1.54, 1.807) is 0 Å². The van der Waals surface area contributed by atoms with Gasteiger partial charge in [-0.25, -0.2) is 0 Å². The second-order valence-corrected chi connectivity index (χ2v) is 5.95. The molecular formula is C19H25N3O. The van der Waals surface area contributed by atoms with E-state index < -0.39 is 0 Å². The van der Waals surface area contributed by atoms with Gasteiger partial charge in [0.05, 0.1) is 18.3 Å². The van der Waals surface area contributed by atoms with E-state index in [-0.39, 0.29) is 6.04 Å². The maximum absolute atomic E-state index is 5.57. The van der Waals surface area contributed by atoms with Gasteiger partial charge in [0.15, 0.2) is 0 Å². The molecule has 0 aliphatic carbocycles. The van der Waals surface area contributed by atoms with Gasteiger partial charge in [-0.2, -0.15) is 0 Å². The molecule has 0 bridgehead atoms. The average Bonchev–Trinajstić information content (AvgIpc) is 2.60. The lowest BCUT2D eigenvalue weighted by Crippen LogP contribution is -2.45. The molecule has 3 rings (SSSR count). The van der Waals surface area contributed by atoms with Crippen LogP contribution in [0.5, 0.6) is 5.75 Å². The van der Waals surface area contributed by atoms with E-state index in [1.807, 2.05) is 13.1 Å². The van der Waals surface area contributed by atoms with Crippen LogP contribution in [0.4, 0.5) is 0 Å². The van der Waals surface area contributed by atoms with Gasteiger partial charge in [-0.15, -0.1) is 0 Å². The standard InChI is InChI=1S/C19H25N3O/c1-3-23-17-7-5-16(6-8-17)19(22-12-10-20-11-13-22)18-9-4-15(2)14-21-18/h4-9,14,19-20H,3,10-13H2,1-2H3. The highest BCUT2D eigenvalue weighted by Gasteiger charge is 2.24. The summed E-state index contributed by atoms with van der Waals surface area (Å²) >= 11 is 0. The fourth-order valence-electron chi connectivity index (χ4n) is 3.06. The molecule has 1 saturated heterocycles. The molecule has 0 radical (unpaired) electrons. The van der Waals surface area contributed by atoms with Gasteiger partial charge in [0.2, 0.25) is 0 Å². The Morgan fingerprint density at radius 2 is 1.87 bits per heavy atom. The molecule has 0 amide bonds. The summed E-state index contributed by atoms with van der Waals surface area (Å²) < 4.78 is 5.57. The Morgan fingerprint density at radius 3 is 2.48 bits per heavy atom. The van der Waals surface area contributed by atoms with Gasteiger partial charge < -0.3 is 10.1 Å². The smallest absolute Gasteiger partial charge is 0.119 e. The molecule has 2 aromatic rings. The van der Waals surface area contributed by atoms with Crippen LogP contribution in [0.1, 0.15) is 29.8 Å². The molecule has 23 heavy (non-hydrogen) atoms. The molecule has 1 N–H and O–H groups in total. The molecule has 1 aliphatic rings. The predicted molar refractivity (Wildman–Crippen MR) is 92.9 cm³/mol. The first-order valence-electron chi connectivity index (χ1n) is 8.38. The van der Waals surface area contributed by atoms with Crippen molar-refractivity contribution >= 4 is 0 Å². The summed E-state index contributed by atoms with van der Waals surface area (Å²) in [6.45, 7) is 8.90. The average molecular weight is 311 g/mol. The highest BCUT2D eigenvalue weighted by atomic mass is 16.5. The zero-order valence-corrected chi connectivity index (χ0v) is 14.0. The van der Waals surface area contributed by atoms with E-state index in [0.29, 0.717) is 6.61 Å². The molecule has 2 heterocycles. The number of rotatable bonds is 5. The van der Waals surface area contributed by atoms with Gasteiger partial charge in [0.1, 0.15) is 5.75 Å². The Kier molecular flexibility index (Phi) is 5.26. The monoisotopic (exact) mass is 311 g/mol. The van der Waals surface area contributed by atoms with E-state index in [2.05, 4.69) is 53.5 Å². The third kappa shape index (κ3) is 3.89. The Balaban J connectivity index is 1.91. The lowest BCUT2D eigenvalue weighted by Gasteiger charge is -2.35. The van der Waals surface area contributed by atoms with E-state index in [4.69, 9.17) is 9.72 Å². The van der Waals surface area contributed by atoms with Crippen LogP contribution in [0.25, 0.3) is 0 Å². The quantitative estimate of drug-likeness (QED) is 0.921. The predicted octanol–water partition coefficient (Wildman–Crippen LogP) is 2.78. The highest BCUT2D eigenvalue weighted by molar-refractivity contribution is 5.34. The number of aryl methyl sites for hydroxylation is 1. The molecule has 4 nitrogen and oxygen atoms in total. The van der Waals surface area contributed by atoms with Crippen LogP contribution in [-0.4, -0.2) is 42.7 Å². The van der Waals surface area contributed by atoms with Crippen molar-refractivity contribution in [3.05, 3.63) is 59.4 Å². The van der Waals surface area contributed by atoms with E-state index in [9.17, 15) is 0 Å². The number of hydrogen-bond acceptors (Lipinski definition) is 4. The minimum atomic E-state index is 0.202. The first-order chi connectivity index (χ1) is 11.3. The molecule has 4 heteroatoms. The zero-order valence-electron chi connectivity index (χ0n) is 14.0. The molecule has 1 aliphatic heterocycles. The molecule has 1 aromatic heterocycles. The highest BCUT2D eigenvalue weighted by Crippen LogP contribution is 2.29. The molecule has 1 aromatic carbocycles. The molecule has 0 spiro atoms. The number of piperazine rings is 1. The molecule has 0 saturated carbocycles. The molecule has 122 valence electrons. The first kappa shape index (κ1) is 16.0. The van der Waals surface area contributed by atoms with Crippen LogP contribution in [-0.2, 0) is 0 Å². The SMILES string of the molecule is CCOc1ccc(C(c2ccc(C)cn2)N2CCNCC2)cc1. The summed E-state index contributed by atoms with van der Waals surface area (Å²) in [4.78, 5) is 7.20. The van der Waals surface area contributed by atoms with Crippen molar-refractivity contribution in [2.75, 3.05) is 32.8 Å². The number of benzene rings is 1. The topological polar surface area (TPSA) is 37.4 Å². The van der Waals surface area contributed by atoms with Crippen LogP contribution < -0.4 is 10.1 Å². The summed E-state index contributed by atoms with van der Waals surface area (Å²) in [5, 5.41) is 3.43. The van der Waals surface area contributed by atoms with Crippen molar-refractivity contribution in [3.8, 4) is 5.75 Å². The van der Waals surface area contributed by atoms with Crippen molar-refractivity contribution in [1.29, 1.82) is 0 Å².